The van der Waals surface area contributed by atoms with Crippen LogP contribution in [-0.2, 0) is 12.8 Å². The molecule has 0 atom stereocenters. The predicted octanol–water partition coefficient (Wildman–Crippen LogP) is 5.86. The van der Waals surface area contributed by atoms with Crippen LogP contribution in [0.15, 0.2) is 60.7 Å². The maximum atomic E-state index is 12.1. The molecule has 2 amide bonds. The van der Waals surface area contributed by atoms with Gasteiger partial charge in [0.15, 0.2) is 0 Å². The molecule has 3 aromatic carbocycles. The Labute approximate surface area is 186 Å². The molecule has 164 valence electrons. The Morgan fingerprint density at radius 1 is 0.871 bits per heavy atom. The lowest BCUT2D eigenvalue weighted by atomic mass is 9.95. The van der Waals surface area contributed by atoms with Crippen molar-refractivity contribution >= 4 is 16.8 Å². The number of carbonyl (C=O) groups excluding carboxylic acids is 1. The molecule has 0 heterocycles. The third-order valence-electron chi connectivity index (χ3n) is 5.55. The van der Waals surface area contributed by atoms with E-state index in [1.54, 1.807) is 7.11 Å². The Kier molecular flexibility index (Phi) is 8.77. The van der Waals surface area contributed by atoms with Crippen LogP contribution >= 0.6 is 0 Å². The summed E-state index contributed by atoms with van der Waals surface area (Å²) in [6.07, 6.45) is 6.29. The van der Waals surface area contributed by atoms with Crippen molar-refractivity contribution in [1.82, 2.24) is 10.6 Å². The monoisotopic (exact) mass is 418 g/mol. The summed E-state index contributed by atoms with van der Waals surface area (Å²) in [4.78, 5) is 12.1. The summed E-state index contributed by atoms with van der Waals surface area (Å²) in [6.45, 7) is 3.52. The van der Waals surface area contributed by atoms with Gasteiger partial charge in [0.2, 0.25) is 0 Å². The highest BCUT2D eigenvalue weighted by Crippen LogP contribution is 2.27. The molecule has 0 radical (unpaired) electrons. The number of ether oxygens (including phenoxy) is 1. The molecular weight excluding hydrogens is 384 g/mol. The van der Waals surface area contributed by atoms with E-state index in [0.717, 1.165) is 31.6 Å². The maximum Gasteiger partial charge on any atom is 0.314 e. The number of rotatable bonds is 11. The zero-order chi connectivity index (χ0) is 21.9. The average Bonchev–Trinajstić information content (AvgIpc) is 2.79. The zero-order valence-corrected chi connectivity index (χ0v) is 18.7. The lowest BCUT2D eigenvalue weighted by Gasteiger charge is -2.13. The van der Waals surface area contributed by atoms with Crippen molar-refractivity contribution < 1.29 is 9.53 Å². The highest BCUT2D eigenvalue weighted by atomic mass is 16.5. The van der Waals surface area contributed by atoms with E-state index in [9.17, 15) is 4.79 Å². The largest absolute Gasteiger partial charge is 0.497 e. The standard InChI is InChI=1S/C27H34N2O2/c1-3-4-5-9-15-28-27(30)29-16-14-24-19-22(17-21-10-7-6-8-11-21)18-23-12-13-25(31-2)20-26(23)24/h6-8,10-13,18-20H,3-5,9,14-17H2,1-2H3,(H2,28,29,30). The molecular formula is C27H34N2O2. The van der Waals surface area contributed by atoms with Crippen LogP contribution in [-0.4, -0.2) is 26.2 Å². The molecule has 0 aromatic heterocycles. The first-order chi connectivity index (χ1) is 15.2. The Bertz CT molecular complexity index is 970. The Balaban J connectivity index is 1.67. The van der Waals surface area contributed by atoms with Crippen molar-refractivity contribution in [2.45, 2.75) is 45.4 Å². The van der Waals surface area contributed by atoms with Crippen LogP contribution in [0.1, 0.15) is 49.3 Å². The molecule has 0 aliphatic rings. The quantitative estimate of drug-likeness (QED) is 0.383. The van der Waals surface area contributed by atoms with Crippen LogP contribution in [0.25, 0.3) is 10.8 Å². The fourth-order valence-electron chi connectivity index (χ4n) is 3.88. The van der Waals surface area contributed by atoms with Crippen molar-refractivity contribution in [3.05, 3.63) is 77.4 Å². The van der Waals surface area contributed by atoms with Crippen LogP contribution in [0.2, 0.25) is 0 Å². The van der Waals surface area contributed by atoms with Gasteiger partial charge in [-0.1, -0.05) is 74.7 Å². The molecule has 4 heteroatoms. The topological polar surface area (TPSA) is 50.4 Å². The second-order valence-corrected chi connectivity index (χ2v) is 8.00. The number of benzene rings is 3. The molecule has 3 rings (SSSR count). The third kappa shape index (κ3) is 7.02. The summed E-state index contributed by atoms with van der Waals surface area (Å²) < 4.78 is 5.44. The van der Waals surface area contributed by atoms with Gasteiger partial charge in [-0.15, -0.1) is 0 Å². The smallest absolute Gasteiger partial charge is 0.314 e. The minimum atomic E-state index is -0.0844. The van der Waals surface area contributed by atoms with Gasteiger partial charge in [0, 0.05) is 13.1 Å². The highest BCUT2D eigenvalue weighted by molar-refractivity contribution is 5.88. The minimum absolute atomic E-state index is 0.0844. The van der Waals surface area contributed by atoms with Crippen molar-refractivity contribution in [3.63, 3.8) is 0 Å². The van der Waals surface area contributed by atoms with Crippen LogP contribution in [0.5, 0.6) is 5.75 Å². The number of unbranched alkanes of at least 4 members (excludes halogenated alkanes) is 3. The average molecular weight is 419 g/mol. The second-order valence-electron chi connectivity index (χ2n) is 8.00. The van der Waals surface area contributed by atoms with E-state index < -0.39 is 0 Å². The number of carbonyl (C=O) groups is 1. The molecule has 0 spiro atoms. The Morgan fingerprint density at radius 2 is 1.68 bits per heavy atom. The summed E-state index contributed by atoms with van der Waals surface area (Å²) >= 11 is 0. The van der Waals surface area contributed by atoms with Gasteiger partial charge in [-0.3, -0.25) is 0 Å². The molecule has 2 N–H and O–H groups in total. The van der Waals surface area contributed by atoms with E-state index in [1.165, 1.54) is 46.7 Å². The summed E-state index contributed by atoms with van der Waals surface area (Å²) in [5, 5.41) is 8.34. The fourth-order valence-corrected chi connectivity index (χ4v) is 3.88. The molecule has 0 fully saturated rings. The van der Waals surface area contributed by atoms with Crippen molar-refractivity contribution in [3.8, 4) is 5.75 Å². The van der Waals surface area contributed by atoms with Crippen molar-refractivity contribution in [2.75, 3.05) is 20.2 Å². The van der Waals surface area contributed by atoms with E-state index in [2.05, 4.69) is 66.1 Å². The van der Waals surface area contributed by atoms with E-state index in [-0.39, 0.29) is 6.03 Å². The van der Waals surface area contributed by atoms with Gasteiger partial charge in [-0.2, -0.15) is 0 Å². The normalized spacial score (nSPS) is 10.8. The number of urea groups is 1. The Hall–Kier alpha value is -3.01. The number of amides is 2. The van der Waals surface area contributed by atoms with E-state index >= 15 is 0 Å². The molecule has 0 saturated heterocycles. The zero-order valence-electron chi connectivity index (χ0n) is 18.7. The van der Waals surface area contributed by atoms with Crippen LogP contribution in [0.4, 0.5) is 4.79 Å². The van der Waals surface area contributed by atoms with Gasteiger partial charge in [0.05, 0.1) is 7.11 Å². The third-order valence-corrected chi connectivity index (χ3v) is 5.55. The van der Waals surface area contributed by atoms with E-state index in [1.807, 2.05) is 12.1 Å². The SMILES string of the molecule is CCCCCCNC(=O)NCCc1cc(Cc2ccccc2)cc2ccc(OC)cc12. The Morgan fingerprint density at radius 3 is 2.45 bits per heavy atom. The lowest BCUT2D eigenvalue weighted by molar-refractivity contribution is 0.241. The molecule has 0 aliphatic heterocycles. The summed E-state index contributed by atoms with van der Waals surface area (Å²) in [6, 6.07) is 21.1. The van der Waals surface area contributed by atoms with Crippen molar-refractivity contribution in [2.24, 2.45) is 0 Å². The number of nitrogens with one attached hydrogen (secondary N) is 2. The van der Waals surface area contributed by atoms with E-state index in [4.69, 9.17) is 4.74 Å². The first-order valence-corrected chi connectivity index (χ1v) is 11.3. The van der Waals surface area contributed by atoms with Crippen molar-refractivity contribution in [1.29, 1.82) is 0 Å². The van der Waals surface area contributed by atoms with Gasteiger partial charge in [0.1, 0.15) is 5.75 Å². The van der Waals surface area contributed by atoms with Gasteiger partial charge in [-0.05, 0) is 58.9 Å². The van der Waals surface area contributed by atoms with Gasteiger partial charge in [-0.25, -0.2) is 4.79 Å². The number of methoxy groups -OCH3 is 1. The molecule has 0 aliphatic carbocycles. The molecule has 0 unspecified atom stereocenters. The van der Waals surface area contributed by atoms with Gasteiger partial charge < -0.3 is 15.4 Å². The summed E-state index contributed by atoms with van der Waals surface area (Å²) in [7, 11) is 1.69. The van der Waals surface area contributed by atoms with Crippen LogP contribution < -0.4 is 15.4 Å². The lowest BCUT2D eigenvalue weighted by Crippen LogP contribution is -2.37. The molecule has 0 bridgehead atoms. The van der Waals surface area contributed by atoms with Crippen LogP contribution in [0, 0.1) is 0 Å². The number of hydrogen-bond donors (Lipinski definition) is 2. The first-order valence-electron chi connectivity index (χ1n) is 11.3. The maximum absolute atomic E-state index is 12.1. The first kappa shape index (κ1) is 22.7. The molecule has 4 nitrogen and oxygen atoms in total. The van der Waals surface area contributed by atoms with Crippen LogP contribution in [0.3, 0.4) is 0 Å². The molecule has 31 heavy (non-hydrogen) atoms. The number of hydrogen-bond acceptors (Lipinski definition) is 2. The second kappa shape index (κ2) is 12.0. The van der Waals surface area contributed by atoms with Gasteiger partial charge >= 0.3 is 6.03 Å². The summed E-state index contributed by atoms with van der Waals surface area (Å²) in [5.41, 5.74) is 3.80. The minimum Gasteiger partial charge on any atom is -0.497 e. The number of fused-ring (bicyclic) bond motifs is 1. The fraction of sp³-hybridized carbons (Fsp3) is 0.370. The van der Waals surface area contributed by atoms with E-state index in [0.29, 0.717) is 6.54 Å². The predicted molar refractivity (Wildman–Crippen MR) is 129 cm³/mol. The molecule has 3 aromatic rings. The van der Waals surface area contributed by atoms with Gasteiger partial charge in [0.25, 0.3) is 0 Å². The molecule has 0 saturated carbocycles. The highest BCUT2D eigenvalue weighted by Gasteiger charge is 2.08. The summed E-state index contributed by atoms with van der Waals surface area (Å²) in [5.74, 6) is 0.849.